The Morgan fingerprint density at radius 3 is 3.14 bits per heavy atom. The van der Waals surface area contributed by atoms with E-state index in [9.17, 15) is 4.79 Å². The molecular weight excluding hydrogens is 300 g/mol. The number of morpholine rings is 1. The molecule has 0 radical (unpaired) electrons. The molecule has 0 aliphatic carbocycles. The first-order chi connectivity index (χ1) is 10.7. The lowest BCUT2D eigenvalue weighted by molar-refractivity contribution is -0.0245. The van der Waals surface area contributed by atoms with E-state index in [2.05, 4.69) is 15.0 Å². The van der Waals surface area contributed by atoms with Gasteiger partial charge >= 0.3 is 0 Å². The molecule has 0 unspecified atom stereocenters. The Labute approximate surface area is 133 Å². The number of carbonyl (C=O) groups excluding carboxylic acids is 1. The fourth-order valence-corrected chi connectivity index (χ4v) is 3.27. The second-order valence-electron chi connectivity index (χ2n) is 5.25. The van der Waals surface area contributed by atoms with Gasteiger partial charge in [-0.25, -0.2) is 15.0 Å². The van der Waals surface area contributed by atoms with Gasteiger partial charge in [0, 0.05) is 25.0 Å². The van der Waals surface area contributed by atoms with Crippen molar-refractivity contribution in [3.8, 4) is 0 Å². The van der Waals surface area contributed by atoms with Gasteiger partial charge in [0.15, 0.2) is 0 Å². The maximum atomic E-state index is 12.5. The van der Waals surface area contributed by atoms with Crippen LogP contribution in [0.1, 0.15) is 27.5 Å². The van der Waals surface area contributed by atoms with E-state index in [4.69, 9.17) is 4.74 Å². The summed E-state index contributed by atoms with van der Waals surface area (Å²) in [5.74, 6) is 0.0651. The zero-order valence-electron chi connectivity index (χ0n) is 12.4. The number of thiazole rings is 1. The Morgan fingerprint density at radius 2 is 2.41 bits per heavy atom. The van der Waals surface area contributed by atoms with Crippen molar-refractivity contribution in [3.05, 3.63) is 40.4 Å². The number of aryl methyl sites for hydroxylation is 2. The van der Waals surface area contributed by atoms with Gasteiger partial charge in [-0.2, -0.15) is 0 Å². The summed E-state index contributed by atoms with van der Waals surface area (Å²) in [5, 5.41) is 0. The SMILES string of the molecule is Cc1ncsc1C(=O)N1CCO[C@@H](CCc2ccncn2)C1. The van der Waals surface area contributed by atoms with Crippen LogP contribution in [0.3, 0.4) is 0 Å². The van der Waals surface area contributed by atoms with Gasteiger partial charge in [-0.3, -0.25) is 4.79 Å². The van der Waals surface area contributed by atoms with Crippen molar-refractivity contribution in [1.29, 1.82) is 0 Å². The summed E-state index contributed by atoms with van der Waals surface area (Å²) >= 11 is 1.40. The van der Waals surface area contributed by atoms with Gasteiger partial charge in [-0.05, 0) is 25.8 Å². The van der Waals surface area contributed by atoms with Gasteiger partial charge in [-0.15, -0.1) is 11.3 Å². The fourth-order valence-electron chi connectivity index (χ4n) is 2.50. The molecule has 3 heterocycles. The number of nitrogens with zero attached hydrogens (tertiary/aromatic N) is 4. The van der Waals surface area contributed by atoms with E-state index in [0.29, 0.717) is 19.7 Å². The minimum atomic E-state index is 0.0564. The zero-order valence-corrected chi connectivity index (χ0v) is 13.3. The molecule has 0 aromatic carbocycles. The molecule has 1 aliphatic heterocycles. The summed E-state index contributed by atoms with van der Waals surface area (Å²) in [7, 11) is 0. The van der Waals surface area contributed by atoms with Crippen molar-refractivity contribution in [2.24, 2.45) is 0 Å². The van der Waals surface area contributed by atoms with Crippen LogP contribution in [0.15, 0.2) is 24.1 Å². The van der Waals surface area contributed by atoms with Gasteiger partial charge in [0.05, 0.1) is 23.9 Å². The third-order valence-corrected chi connectivity index (χ3v) is 4.65. The molecule has 1 aliphatic rings. The molecular formula is C15H18N4O2S. The minimum absolute atomic E-state index is 0.0564. The maximum absolute atomic E-state index is 12.5. The highest BCUT2D eigenvalue weighted by Gasteiger charge is 2.26. The van der Waals surface area contributed by atoms with Crippen molar-refractivity contribution < 1.29 is 9.53 Å². The second kappa shape index (κ2) is 6.93. The number of carbonyl (C=O) groups is 1. The first kappa shape index (κ1) is 15.1. The normalized spacial score (nSPS) is 18.4. The van der Waals surface area contributed by atoms with Crippen LogP contribution in [0.4, 0.5) is 0 Å². The van der Waals surface area contributed by atoms with E-state index >= 15 is 0 Å². The number of ether oxygens (including phenoxy) is 1. The van der Waals surface area contributed by atoms with Crippen molar-refractivity contribution in [3.63, 3.8) is 0 Å². The second-order valence-corrected chi connectivity index (χ2v) is 6.11. The monoisotopic (exact) mass is 318 g/mol. The number of amides is 1. The standard InChI is InChI=1S/C15H18N4O2S/c1-11-14(22-10-18-11)15(20)19-6-7-21-13(8-19)3-2-12-4-5-16-9-17-12/h4-5,9-10,13H,2-3,6-8H2,1H3/t13-/m0/s1. The Bertz CT molecular complexity index is 631. The Kier molecular flexibility index (Phi) is 4.74. The molecule has 0 spiro atoms. The van der Waals surface area contributed by atoms with Gasteiger partial charge in [0.2, 0.25) is 0 Å². The molecule has 22 heavy (non-hydrogen) atoms. The lowest BCUT2D eigenvalue weighted by atomic mass is 10.1. The van der Waals surface area contributed by atoms with E-state index in [0.717, 1.165) is 29.1 Å². The molecule has 1 amide bonds. The van der Waals surface area contributed by atoms with E-state index in [1.165, 1.54) is 11.3 Å². The molecule has 116 valence electrons. The first-order valence-electron chi connectivity index (χ1n) is 7.30. The molecule has 2 aromatic rings. The molecule has 0 bridgehead atoms. The molecule has 0 saturated carbocycles. The van der Waals surface area contributed by atoms with Crippen molar-refractivity contribution in [1.82, 2.24) is 19.9 Å². The molecule has 1 fully saturated rings. The molecule has 1 atom stereocenters. The third kappa shape index (κ3) is 3.48. The maximum Gasteiger partial charge on any atom is 0.266 e. The highest BCUT2D eigenvalue weighted by Crippen LogP contribution is 2.18. The van der Waals surface area contributed by atoms with Crippen LogP contribution < -0.4 is 0 Å². The van der Waals surface area contributed by atoms with Crippen LogP contribution in [0.25, 0.3) is 0 Å². The number of rotatable bonds is 4. The van der Waals surface area contributed by atoms with E-state index < -0.39 is 0 Å². The van der Waals surface area contributed by atoms with Crippen LogP contribution >= 0.6 is 11.3 Å². The van der Waals surface area contributed by atoms with Crippen LogP contribution in [0, 0.1) is 6.92 Å². The summed E-state index contributed by atoms with van der Waals surface area (Å²) in [5.41, 5.74) is 3.52. The molecule has 7 heteroatoms. The highest BCUT2D eigenvalue weighted by atomic mass is 32.1. The third-order valence-electron chi connectivity index (χ3n) is 3.73. The Morgan fingerprint density at radius 1 is 1.50 bits per heavy atom. The molecule has 0 N–H and O–H groups in total. The summed E-state index contributed by atoms with van der Waals surface area (Å²) in [6, 6.07) is 1.91. The summed E-state index contributed by atoms with van der Waals surface area (Å²) in [6.45, 7) is 3.72. The topological polar surface area (TPSA) is 68.2 Å². The van der Waals surface area contributed by atoms with Gasteiger partial charge in [0.25, 0.3) is 5.91 Å². The van der Waals surface area contributed by atoms with Gasteiger partial charge < -0.3 is 9.64 Å². The first-order valence-corrected chi connectivity index (χ1v) is 8.18. The quantitative estimate of drug-likeness (QED) is 0.858. The predicted octanol–water partition coefficient (Wildman–Crippen LogP) is 1.72. The highest BCUT2D eigenvalue weighted by molar-refractivity contribution is 7.11. The van der Waals surface area contributed by atoms with Crippen LogP contribution in [0.5, 0.6) is 0 Å². The number of hydrogen-bond donors (Lipinski definition) is 0. The van der Waals surface area contributed by atoms with Crippen molar-refractivity contribution >= 4 is 17.2 Å². The fraction of sp³-hybridized carbons (Fsp3) is 0.467. The average molecular weight is 318 g/mol. The minimum Gasteiger partial charge on any atom is -0.375 e. The zero-order chi connectivity index (χ0) is 15.4. The van der Waals surface area contributed by atoms with Crippen LogP contribution in [-0.2, 0) is 11.2 Å². The summed E-state index contributed by atoms with van der Waals surface area (Å²) in [6.07, 6.45) is 5.03. The number of hydrogen-bond acceptors (Lipinski definition) is 6. The predicted molar refractivity (Wildman–Crippen MR) is 82.8 cm³/mol. The average Bonchev–Trinajstić information content (AvgIpc) is 2.99. The Balaban J connectivity index is 1.57. The van der Waals surface area contributed by atoms with E-state index in [-0.39, 0.29) is 12.0 Å². The number of aromatic nitrogens is 3. The van der Waals surface area contributed by atoms with Gasteiger partial charge in [-0.1, -0.05) is 0 Å². The molecule has 2 aromatic heterocycles. The van der Waals surface area contributed by atoms with Crippen molar-refractivity contribution in [2.75, 3.05) is 19.7 Å². The van der Waals surface area contributed by atoms with Crippen molar-refractivity contribution in [2.45, 2.75) is 25.9 Å². The lowest BCUT2D eigenvalue weighted by Crippen LogP contribution is -2.45. The lowest BCUT2D eigenvalue weighted by Gasteiger charge is -2.32. The summed E-state index contributed by atoms with van der Waals surface area (Å²) < 4.78 is 5.78. The van der Waals surface area contributed by atoms with Gasteiger partial charge in [0.1, 0.15) is 11.2 Å². The summed E-state index contributed by atoms with van der Waals surface area (Å²) in [4.78, 5) is 27.4. The molecule has 3 rings (SSSR count). The Hall–Kier alpha value is -1.86. The van der Waals surface area contributed by atoms with E-state index in [1.807, 2.05) is 17.9 Å². The molecule has 1 saturated heterocycles. The van der Waals surface area contributed by atoms with Crippen LogP contribution in [-0.4, -0.2) is 51.6 Å². The van der Waals surface area contributed by atoms with Crippen LogP contribution in [0.2, 0.25) is 0 Å². The smallest absolute Gasteiger partial charge is 0.266 e. The molecule has 6 nitrogen and oxygen atoms in total. The largest absolute Gasteiger partial charge is 0.375 e. The van der Waals surface area contributed by atoms with E-state index in [1.54, 1.807) is 18.0 Å².